The minimum atomic E-state index is -2.04. The Balaban J connectivity index is 2.65. The normalized spacial score (nSPS) is 28.9. The van der Waals surface area contributed by atoms with Gasteiger partial charge in [-0.25, -0.2) is 4.79 Å². The number of aliphatic hydroxyl groups is 3. The molecule has 0 aliphatic carbocycles. The summed E-state index contributed by atoms with van der Waals surface area (Å²) in [4.78, 5) is 38.1. The number of ether oxygens (including phenoxy) is 2. The van der Waals surface area contributed by atoms with Crippen molar-refractivity contribution in [3.63, 3.8) is 0 Å². The largest absolute Gasteiger partial charge is 0.469 e. The Morgan fingerprint density at radius 2 is 2.16 bits per heavy atom. The van der Waals surface area contributed by atoms with E-state index in [1.165, 1.54) is 0 Å². The Morgan fingerprint density at radius 3 is 2.68 bits per heavy atom. The van der Waals surface area contributed by atoms with Crippen molar-refractivity contribution in [1.82, 2.24) is 14.9 Å². The first-order chi connectivity index (χ1) is 11.8. The van der Waals surface area contributed by atoms with Crippen LogP contribution in [0.5, 0.6) is 0 Å². The molecule has 1 aliphatic rings. The van der Waals surface area contributed by atoms with E-state index in [0.29, 0.717) is 0 Å². The van der Waals surface area contributed by atoms with Crippen molar-refractivity contribution in [3.8, 4) is 0 Å². The van der Waals surface area contributed by atoms with E-state index >= 15 is 0 Å². The molecule has 0 unspecified atom stereocenters. The van der Waals surface area contributed by atoms with Gasteiger partial charge < -0.3 is 30.1 Å². The highest BCUT2D eigenvalue weighted by molar-refractivity contribution is 5.70. The molecular weight excluding hydrogens is 338 g/mol. The van der Waals surface area contributed by atoms with Gasteiger partial charge in [0.2, 0.25) is 0 Å². The minimum Gasteiger partial charge on any atom is -0.469 e. The van der Waals surface area contributed by atoms with Crippen LogP contribution in [0.25, 0.3) is 0 Å². The van der Waals surface area contributed by atoms with Crippen LogP contribution in [0.4, 0.5) is 0 Å². The smallest absolute Gasteiger partial charge is 0.330 e. The van der Waals surface area contributed by atoms with Crippen LogP contribution in [0.15, 0.2) is 15.8 Å². The van der Waals surface area contributed by atoms with Gasteiger partial charge in [0.05, 0.1) is 20.1 Å². The lowest BCUT2D eigenvalue weighted by atomic mass is 9.99. The minimum absolute atomic E-state index is 0.103. The highest BCUT2D eigenvalue weighted by atomic mass is 16.6. The van der Waals surface area contributed by atoms with Crippen molar-refractivity contribution in [2.45, 2.75) is 37.0 Å². The summed E-state index contributed by atoms with van der Waals surface area (Å²) >= 11 is 0. The standard InChI is InChI=1S/C14H21N3O8/c1-15-4-7-5-17(13(23)16-12(7)22)14(3-9(19)24-2)11(21)10(20)8(6-18)25-14/h5,8,10-11,15,18,20-21H,3-4,6H2,1-2H3,(H,16,22,23)/t8-,10-,11-,14-/m1/s1. The van der Waals surface area contributed by atoms with Gasteiger partial charge in [-0.3, -0.25) is 19.1 Å². The number of carbonyl (C=O) groups excluding carboxylic acids is 1. The summed E-state index contributed by atoms with van der Waals surface area (Å²) in [6.45, 7) is -0.547. The summed E-state index contributed by atoms with van der Waals surface area (Å²) in [5.74, 6) is -0.821. The van der Waals surface area contributed by atoms with Gasteiger partial charge >= 0.3 is 11.7 Å². The molecule has 0 bridgehead atoms. The number of aromatic nitrogens is 2. The van der Waals surface area contributed by atoms with Gasteiger partial charge in [0.25, 0.3) is 5.56 Å². The maximum Gasteiger partial charge on any atom is 0.330 e. The zero-order chi connectivity index (χ0) is 18.8. The fourth-order valence-electron chi connectivity index (χ4n) is 2.83. The number of rotatable bonds is 6. The van der Waals surface area contributed by atoms with Gasteiger partial charge in [-0.15, -0.1) is 0 Å². The first-order valence-electron chi connectivity index (χ1n) is 7.52. The molecule has 2 heterocycles. The molecule has 1 aliphatic heterocycles. The van der Waals surface area contributed by atoms with Gasteiger partial charge in [-0.2, -0.15) is 0 Å². The molecule has 2 rings (SSSR count). The Bertz CT molecular complexity index is 744. The molecule has 1 saturated heterocycles. The molecule has 1 fully saturated rings. The molecule has 140 valence electrons. The van der Waals surface area contributed by atoms with E-state index < -0.39 is 54.3 Å². The van der Waals surface area contributed by atoms with Gasteiger partial charge in [0.1, 0.15) is 18.3 Å². The van der Waals surface area contributed by atoms with Gasteiger partial charge in [0, 0.05) is 18.3 Å². The highest BCUT2D eigenvalue weighted by Gasteiger charge is 2.57. The van der Waals surface area contributed by atoms with E-state index in [0.717, 1.165) is 17.9 Å². The van der Waals surface area contributed by atoms with E-state index in [1.807, 2.05) is 0 Å². The first kappa shape index (κ1) is 19.3. The topological polar surface area (TPSA) is 163 Å². The van der Waals surface area contributed by atoms with Crippen LogP contribution in [0.1, 0.15) is 12.0 Å². The Morgan fingerprint density at radius 1 is 1.48 bits per heavy atom. The summed E-state index contributed by atoms with van der Waals surface area (Å²) in [6.07, 6.45) is -4.00. The predicted octanol–water partition coefficient (Wildman–Crippen LogP) is -3.42. The lowest BCUT2D eigenvalue weighted by molar-refractivity contribution is -0.176. The first-order valence-corrected chi connectivity index (χ1v) is 7.52. The average molecular weight is 359 g/mol. The maximum absolute atomic E-state index is 12.3. The predicted molar refractivity (Wildman–Crippen MR) is 82.7 cm³/mol. The molecule has 0 spiro atoms. The van der Waals surface area contributed by atoms with Crippen LogP contribution in [0.2, 0.25) is 0 Å². The van der Waals surface area contributed by atoms with Crippen LogP contribution in [0.3, 0.4) is 0 Å². The van der Waals surface area contributed by atoms with Crippen molar-refractivity contribution >= 4 is 5.97 Å². The monoisotopic (exact) mass is 359 g/mol. The SMILES string of the molecule is CNCc1cn([C@]2(CC(=O)OC)O[C@H](CO)[C@@H](O)[C@H]2O)c(=O)[nH]c1=O. The molecule has 0 radical (unpaired) electrons. The second kappa shape index (κ2) is 7.45. The molecule has 0 amide bonds. The molecule has 1 aromatic rings. The van der Waals surface area contributed by atoms with E-state index in [1.54, 1.807) is 7.05 Å². The molecule has 0 aromatic carbocycles. The Labute approximate surface area is 141 Å². The third-order valence-electron chi connectivity index (χ3n) is 4.12. The highest BCUT2D eigenvalue weighted by Crippen LogP contribution is 2.37. The fraction of sp³-hybridized carbons (Fsp3) is 0.643. The number of aromatic amines is 1. The van der Waals surface area contributed by atoms with Gasteiger partial charge in [0.15, 0.2) is 5.72 Å². The van der Waals surface area contributed by atoms with Crippen LogP contribution >= 0.6 is 0 Å². The molecular formula is C14H21N3O8. The van der Waals surface area contributed by atoms with E-state index in [2.05, 4.69) is 15.0 Å². The number of carbonyl (C=O) groups is 1. The zero-order valence-electron chi connectivity index (χ0n) is 13.8. The zero-order valence-corrected chi connectivity index (χ0v) is 13.8. The van der Waals surface area contributed by atoms with Crippen molar-refractivity contribution in [1.29, 1.82) is 0 Å². The number of esters is 1. The van der Waals surface area contributed by atoms with Crippen LogP contribution in [-0.2, 0) is 26.5 Å². The Kier molecular flexibility index (Phi) is 5.75. The number of hydrogen-bond donors (Lipinski definition) is 5. The molecule has 25 heavy (non-hydrogen) atoms. The van der Waals surface area contributed by atoms with E-state index in [4.69, 9.17) is 4.74 Å². The van der Waals surface area contributed by atoms with Gasteiger partial charge in [-0.1, -0.05) is 0 Å². The molecule has 4 atom stereocenters. The third kappa shape index (κ3) is 3.37. The lowest BCUT2D eigenvalue weighted by Crippen LogP contribution is -2.53. The average Bonchev–Trinajstić information content (AvgIpc) is 2.82. The second-order valence-electron chi connectivity index (χ2n) is 5.69. The number of nitrogens with zero attached hydrogens (tertiary/aromatic N) is 1. The van der Waals surface area contributed by atoms with Crippen LogP contribution in [-0.4, -0.2) is 69.9 Å². The summed E-state index contributed by atoms with van der Waals surface area (Å²) in [6, 6.07) is 0. The summed E-state index contributed by atoms with van der Waals surface area (Å²) in [5.41, 5.74) is -3.48. The molecule has 11 heteroatoms. The van der Waals surface area contributed by atoms with Crippen molar-refractivity contribution in [3.05, 3.63) is 32.6 Å². The lowest BCUT2D eigenvalue weighted by Gasteiger charge is -2.33. The maximum atomic E-state index is 12.3. The van der Waals surface area contributed by atoms with Crippen molar-refractivity contribution in [2.75, 3.05) is 20.8 Å². The molecule has 0 saturated carbocycles. The molecule has 5 N–H and O–H groups in total. The number of aliphatic hydroxyl groups excluding tert-OH is 3. The molecule has 11 nitrogen and oxygen atoms in total. The molecule has 1 aromatic heterocycles. The number of H-pyrrole nitrogens is 1. The van der Waals surface area contributed by atoms with E-state index in [-0.39, 0.29) is 12.1 Å². The van der Waals surface area contributed by atoms with Crippen molar-refractivity contribution < 1.29 is 29.6 Å². The van der Waals surface area contributed by atoms with Crippen molar-refractivity contribution in [2.24, 2.45) is 0 Å². The van der Waals surface area contributed by atoms with E-state index in [9.17, 15) is 29.7 Å². The van der Waals surface area contributed by atoms with Crippen LogP contribution < -0.4 is 16.6 Å². The number of hydrogen-bond acceptors (Lipinski definition) is 9. The summed E-state index contributed by atoms with van der Waals surface area (Å²) < 4.78 is 10.9. The summed E-state index contributed by atoms with van der Waals surface area (Å²) in [7, 11) is 2.70. The fourth-order valence-corrected chi connectivity index (χ4v) is 2.83. The van der Waals surface area contributed by atoms with Crippen LogP contribution in [0, 0.1) is 0 Å². The second-order valence-corrected chi connectivity index (χ2v) is 5.69. The summed E-state index contributed by atoms with van der Waals surface area (Å²) in [5, 5.41) is 32.6. The van der Waals surface area contributed by atoms with Gasteiger partial charge in [-0.05, 0) is 7.05 Å². The Hall–Kier alpha value is -2.05. The quantitative estimate of drug-likeness (QED) is 0.325. The third-order valence-corrected chi connectivity index (χ3v) is 4.12. The number of methoxy groups -OCH3 is 1. The number of nitrogens with one attached hydrogen (secondary N) is 2.